The number of ether oxygens (including phenoxy) is 1. The molecule has 120 valence electrons. The van der Waals surface area contributed by atoms with Gasteiger partial charge in [-0.1, -0.05) is 18.2 Å². The fourth-order valence-corrected chi connectivity index (χ4v) is 3.21. The van der Waals surface area contributed by atoms with E-state index in [0.717, 1.165) is 24.0 Å². The standard InChI is InChI=1S/C19H18BrFO2/c1-11-8-12(2)18(9-17(11)21)23-10-16-14(13-6-7-13)4-3-5-15(16)19(20)22/h3-5,8-9,13H,6-7,10H2,1-2H3. The van der Waals surface area contributed by atoms with Crippen molar-refractivity contribution in [3.05, 3.63) is 64.0 Å². The maximum absolute atomic E-state index is 13.8. The molecule has 0 spiro atoms. The minimum atomic E-state index is -0.280. The Bertz CT molecular complexity index is 766. The minimum Gasteiger partial charge on any atom is -0.488 e. The Hall–Kier alpha value is -1.68. The van der Waals surface area contributed by atoms with Gasteiger partial charge in [0.05, 0.1) is 0 Å². The normalized spacial score (nSPS) is 13.9. The molecule has 0 radical (unpaired) electrons. The molecule has 1 aliphatic rings. The molecule has 4 heteroatoms. The Balaban J connectivity index is 1.91. The van der Waals surface area contributed by atoms with Crippen LogP contribution in [0.1, 0.15) is 51.4 Å². The summed E-state index contributed by atoms with van der Waals surface area (Å²) < 4.78 is 19.5. The molecule has 2 aromatic rings. The van der Waals surface area contributed by atoms with Gasteiger partial charge in [0.25, 0.3) is 0 Å². The zero-order valence-corrected chi connectivity index (χ0v) is 14.7. The lowest BCUT2D eigenvalue weighted by Gasteiger charge is -2.15. The summed E-state index contributed by atoms with van der Waals surface area (Å²) in [7, 11) is 0. The summed E-state index contributed by atoms with van der Waals surface area (Å²) in [5.41, 5.74) is 4.18. The Labute approximate surface area is 143 Å². The van der Waals surface area contributed by atoms with E-state index in [-0.39, 0.29) is 17.1 Å². The van der Waals surface area contributed by atoms with Crippen LogP contribution < -0.4 is 4.74 Å². The predicted octanol–water partition coefficient (Wildman–Crippen LogP) is 5.43. The van der Waals surface area contributed by atoms with Crippen molar-refractivity contribution in [1.82, 2.24) is 0 Å². The van der Waals surface area contributed by atoms with Crippen molar-refractivity contribution in [2.24, 2.45) is 0 Å². The predicted molar refractivity (Wildman–Crippen MR) is 91.9 cm³/mol. The number of benzene rings is 2. The van der Waals surface area contributed by atoms with Gasteiger partial charge < -0.3 is 4.74 Å². The van der Waals surface area contributed by atoms with Crippen LogP contribution in [0, 0.1) is 19.7 Å². The first-order valence-corrected chi connectivity index (χ1v) is 8.48. The highest BCUT2D eigenvalue weighted by atomic mass is 79.9. The largest absolute Gasteiger partial charge is 0.488 e. The Kier molecular flexibility index (Phi) is 4.53. The average molecular weight is 377 g/mol. The van der Waals surface area contributed by atoms with Crippen molar-refractivity contribution < 1.29 is 13.9 Å². The first-order valence-electron chi connectivity index (χ1n) is 7.68. The topological polar surface area (TPSA) is 26.3 Å². The zero-order valence-electron chi connectivity index (χ0n) is 13.2. The molecule has 0 saturated heterocycles. The van der Waals surface area contributed by atoms with E-state index >= 15 is 0 Å². The van der Waals surface area contributed by atoms with Crippen molar-refractivity contribution in [2.45, 2.75) is 39.2 Å². The van der Waals surface area contributed by atoms with Crippen LogP contribution in [-0.2, 0) is 6.61 Å². The number of rotatable bonds is 5. The van der Waals surface area contributed by atoms with Crippen molar-refractivity contribution in [3.63, 3.8) is 0 Å². The summed E-state index contributed by atoms with van der Waals surface area (Å²) in [5, 5.41) is 0. The van der Waals surface area contributed by atoms with Crippen LogP contribution in [0.15, 0.2) is 30.3 Å². The number of hydrogen-bond acceptors (Lipinski definition) is 2. The molecular weight excluding hydrogens is 359 g/mol. The third-order valence-electron chi connectivity index (χ3n) is 4.27. The van der Waals surface area contributed by atoms with Crippen LogP contribution in [0.4, 0.5) is 4.39 Å². The third kappa shape index (κ3) is 3.47. The molecular formula is C19H18BrFO2. The highest BCUT2D eigenvalue weighted by molar-refractivity contribution is 9.18. The van der Waals surface area contributed by atoms with Crippen molar-refractivity contribution in [3.8, 4) is 5.75 Å². The monoisotopic (exact) mass is 376 g/mol. The molecule has 0 atom stereocenters. The second-order valence-electron chi connectivity index (χ2n) is 6.08. The van der Waals surface area contributed by atoms with Crippen LogP contribution in [0.2, 0.25) is 0 Å². The van der Waals surface area contributed by atoms with E-state index in [0.29, 0.717) is 22.8 Å². The molecule has 0 N–H and O–H groups in total. The van der Waals surface area contributed by atoms with Gasteiger partial charge in [-0.3, -0.25) is 4.79 Å². The molecule has 0 heterocycles. The molecule has 2 aromatic carbocycles. The zero-order chi connectivity index (χ0) is 16.6. The van der Waals surface area contributed by atoms with Crippen molar-refractivity contribution in [1.29, 1.82) is 0 Å². The second kappa shape index (κ2) is 6.44. The quantitative estimate of drug-likeness (QED) is 0.649. The van der Waals surface area contributed by atoms with Gasteiger partial charge in [0, 0.05) is 17.2 Å². The third-order valence-corrected chi connectivity index (χ3v) is 4.70. The number of carbonyl (C=O) groups is 1. The van der Waals surface area contributed by atoms with Crippen LogP contribution in [0.3, 0.4) is 0 Å². The van der Waals surface area contributed by atoms with Crippen LogP contribution in [0.5, 0.6) is 5.75 Å². The maximum atomic E-state index is 13.8. The molecule has 2 nitrogen and oxygen atoms in total. The highest BCUT2D eigenvalue weighted by Crippen LogP contribution is 2.43. The molecule has 3 rings (SSSR count). The molecule has 1 fully saturated rings. The van der Waals surface area contributed by atoms with Crippen molar-refractivity contribution >= 4 is 20.6 Å². The Morgan fingerprint density at radius 3 is 2.65 bits per heavy atom. The van der Waals surface area contributed by atoms with E-state index in [1.165, 1.54) is 11.6 Å². The summed E-state index contributed by atoms with van der Waals surface area (Å²) in [6.07, 6.45) is 2.29. The molecule has 0 aromatic heterocycles. The molecule has 0 aliphatic heterocycles. The van der Waals surface area contributed by atoms with Crippen LogP contribution in [0.25, 0.3) is 0 Å². The van der Waals surface area contributed by atoms with E-state index in [4.69, 9.17) is 4.74 Å². The van der Waals surface area contributed by atoms with Gasteiger partial charge in [0.15, 0.2) is 0 Å². The van der Waals surface area contributed by atoms with Gasteiger partial charge in [-0.15, -0.1) is 0 Å². The van der Waals surface area contributed by atoms with E-state index in [9.17, 15) is 9.18 Å². The van der Waals surface area contributed by atoms with Gasteiger partial charge in [0.2, 0.25) is 4.69 Å². The van der Waals surface area contributed by atoms with E-state index in [1.807, 2.05) is 13.0 Å². The van der Waals surface area contributed by atoms with Crippen LogP contribution in [-0.4, -0.2) is 4.69 Å². The van der Waals surface area contributed by atoms with Crippen LogP contribution >= 0.6 is 15.9 Å². The summed E-state index contributed by atoms with van der Waals surface area (Å²) in [6.45, 7) is 3.89. The van der Waals surface area contributed by atoms with Gasteiger partial charge in [-0.25, -0.2) is 4.39 Å². The second-order valence-corrected chi connectivity index (χ2v) is 6.80. The molecule has 1 aliphatic carbocycles. The lowest BCUT2D eigenvalue weighted by Crippen LogP contribution is -2.07. The number of hydrogen-bond donors (Lipinski definition) is 0. The van der Waals surface area contributed by atoms with Gasteiger partial charge >= 0.3 is 0 Å². The summed E-state index contributed by atoms with van der Waals surface area (Å²) in [4.78, 5) is 11.8. The lowest BCUT2D eigenvalue weighted by atomic mass is 9.99. The van der Waals surface area contributed by atoms with Gasteiger partial charge in [0.1, 0.15) is 18.2 Å². The smallest absolute Gasteiger partial charge is 0.228 e. The number of carbonyl (C=O) groups excluding carboxylic acids is 1. The number of halogens is 2. The first kappa shape index (κ1) is 16.2. The summed E-state index contributed by atoms with van der Waals surface area (Å²) >= 11 is 3.04. The highest BCUT2D eigenvalue weighted by Gasteiger charge is 2.28. The first-order chi connectivity index (χ1) is 11.0. The van der Waals surface area contributed by atoms with Gasteiger partial charge in [-0.2, -0.15) is 0 Å². The lowest BCUT2D eigenvalue weighted by molar-refractivity contribution is 0.109. The maximum Gasteiger partial charge on any atom is 0.228 e. The SMILES string of the molecule is Cc1cc(C)c(OCc2c(C(=O)Br)cccc2C2CC2)cc1F. The van der Waals surface area contributed by atoms with E-state index in [1.54, 1.807) is 19.1 Å². The van der Waals surface area contributed by atoms with Crippen molar-refractivity contribution in [2.75, 3.05) is 0 Å². The van der Waals surface area contributed by atoms with E-state index in [2.05, 4.69) is 22.0 Å². The summed E-state index contributed by atoms with van der Waals surface area (Å²) in [6, 6.07) is 8.94. The molecule has 23 heavy (non-hydrogen) atoms. The average Bonchev–Trinajstić information content (AvgIpc) is 3.34. The summed E-state index contributed by atoms with van der Waals surface area (Å²) in [5.74, 6) is 0.751. The molecule has 0 bridgehead atoms. The Morgan fingerprint density at radius 1 is 1.26 bits per heavy atom. The molecule has 0 amide bonds. The number of aryl methyl sites for hydroxylation is 2. The fourth-order valence-electron chi connectivity index (χ4n) is 2.84. The van der Waals surface area contributed by atoms with Gasteiger partial charge in [-0.05, 0) is 71.3 Å². The molecule has 1 saturated carbocycles. The molecule has 0 unspecified atom stereocenters. The Morgan fingerprint density at radius 2 is 2.00 bits per heavy atom. The minimum absolute atomic E-state index is 0.148. The van der Waals surface area contributed by atoms with E-state index < -0.39 is 0 Å². The fraction of sp³-hybridized carbons (Fsp3) is 0.316.